The summed E-state index contributed by atoms with van der Waals surface area (Å²) < 4.78 is 9.65. The maximum absolute atomic E-state index is 11.9. The minimum atomic E-state index is -1.32. The number of amides is 1. The lowest BCUT2D eigenvalue weighted by molar-refractivity contribution is -0.151. The minimum absolute atomic E-state index is 0.0147. The number of carbonyl (C=O) groups is 3. The summed E-state index contributed by atoms with van der Waals surface area (Å²) in [7, 11) is 0. The van der Waals surface area contributed by atoms with Crippen molar-refractivity contribution >= 4 is 18.0 Å². The van der Waals surface area contributed by atoms with Gasteiger partial charge < -0.3 is 19.9 Å². The number of esters is 1. The Morgan fingerprint density at radius 3 is 2.50 bits per heavy atom. The maximum Gasteiger partial charge on any atom is 0.408 e. The van der Waals surface area contributed by atoms with Crippen molar-refractivity contribution < 1.29 is 29.0 Å². The molecule has 1 amide bonds. The molecule has 0 aliphatic heterocycles. The highest BCUT2D eigenvalue weighted by Crippen LogP contribution is 2.04. The highest BCUT2D eigenvalue weighted by Gasteiger charge is 2.25. The molecule has 0 fully saturated rings. The quantitative estimate of drug-likeness (QED) is 0.557. The van der Waals surface area contributed by atoms with Gasteiger partial charge in [-0.05, 0) is 5.56 Å². The number of hydrogen-bond acceptors (Lipinski definition) is 5. The average Bonchev–Trinajstić information content (AvgIpc) is 2.50. The molecule has 0 heterocycles. The van der Waals surface area contributed by atoms with Gasteiger partial charge in [0.2, 0.25) is 0 Å². The molecule has 1 aromatic rings. The third kappa shape index (κ3) is 6.56. The Balaban J connectivity index is 2.57. The van der Waals surface area contributed by atoms with Gasteiger partial charge in [-0.15, -0.1) is 0 Å². The summed E-state index contributed by atoms with van der Waals surface area (Å²) in [5.74, 6) is -2.09. The molecule has 0 aliphatic carbocycles. The molecule has 7 heteroatoms. The molecule has 1 atom stereocenters. The molecule has 1 rings (SSSR count). The summed E-state index contributed by atoms with van der Waals surface area (Å²) in [6, 6.07) is 7.57. The zero-order chi connectivity index (χ0) is 16.4. The number of carbonyl (C=O) groups excluding carboxylic acids is 2. The fourth-order valence-electron chi connectivity index (χ4n) is 1.52. The Labute approximate surface area is 127 Å². The molecule has 2 N–H and O–H groups in total. The Bertz CT molecular complexity index is 528. The number of carboxylic acids is 1. The maximum atomic E-state index is 11.9. The number of alkyl carbamates (subject to hydrolysis) is 1. The van der Waals surface area contributed by atoms with E-state index in [0.717, 1.165) is 5.56 Å². The van der Waals surface area contributed by atoms with Crippen LogP contribution in [0.15, 0.2) is 43.0 Å². The van der Waals surface area contributed by atoms with Gasteiger partial charge in [-0.1, -0.05) is 43.0 Å². The Morgan fingerprint density at radius 1 is 1.23 bits per heavy atom. The van der Waals surface area contributed by atoms with Crippen molar-refractivity contribution in [3.05, 3.63) is 48.6 Å². The second-order valence-electron chi connectivity index (χ2n) is 4.28. The first-order valence-electron chi connectivity index (χ1n) is 6.49. The number of aliphatic carboxylic acids is 1. The molecule has 118 valence electrons. The molecule has 0 radical (unpaired) electrons. The summed E-state index contributed by atoms with van der Waals surface area (Å²) in [4.78, 5) is 34.0. The molecule has 0 aromatic heterocycles. The van der Waals surface area contributed by atoms with Crippen molar-refractivity contribution in [2.24, 2.45) is 0 Å². The van der Waals surface area contributed by atoms with Crippen LogP contribution in [0.25, 0.3) is 0 Å². The Morgan fingerprint density at radius 2 is 1.91 bits per heavy atom. The van der Waals surface area contributed by atoms with E-state index in [2.05, 4.69) is 16.6 Å². The Kier molecular flexibility index (Phi) is 7.18. The van der Waals surface area contributed by atoms with E-state index in [4.69, 9.17) is 9.84 Å². The van der Waals surface area contributed by atoms with Crippen LogP contribution in [0.1, 0.15) is 12.0 Å². The number of hydrogen-bond donors (Lipinski definition) is 2. The fraction of sp³-hybridized carbons (Fsp3) is 0.267. The smallest absolute Gasteiger partial charge is 0.408 e. The van der Waals surface area contributed by atoms with Crippen LogP contribution in [-0.4, -0.2) is 35.8 Å². The van der Waals surface area contributed by atoms with Gasteiger partial charge in [-0.3, -0.25) is 4.79 Å². The van der Waals surface area contributed by atoms with Gasteiger partial charge in [-0.2, -0.15) is 0 Å². The van der Waals surface area contributed by atoms with E-state index in [-0.39, 0.29) is 13.2 Å². The molecule has 0 aliphatic rings. The van der Waals surface area contributed by atoms with Crippen molar-refractivity contribution in [2.45, 2.75) is 19.1 Å². The third-order valence-electron chi connectivity index (χ3n) is 2.51. The van der Waals surface area contributed by atoms with Gasteiger partial charge in [0, 0.05) is 0 Å². The van der Waals surface area contributed by atoms with Crippen molar-refractivity contribution in [1.82, 2.24) is 5.32 Å². The molecule has 1 aromatic carbocycles. The monoisotopic (exact) mass is 307 g/mol. The highest BCUT2D eigenvalue weighted by atomic mass is 16.6. The van der Waals surface area contributed by atoms with Crippen molar-refractivity contribution in [1.29, 1.82) is 0 Å². The Hall–Kier alpha value is -2.83. The molecular weight excluding hydrogens is 290 g/mol. The van der Waals surface area contributed by atoms with E-state index in [1.807, 2.05) is 6.07 Å². The molecule has 7 nitrogen and oxygen atoms in total. The lowest BCUT2D eigenvalue weighted by Gasteiger charge is -2.15. The van der Waals surface area contributed by atoms with Gasteiger partial charge in [0.25, 0.3) is 0 Å². The van der Waals surface area contributed by atoms with Crippen LogP contribution in [0.5, 0.6) is 0 Å². The molecule has 0 unspecified atom stereocenters. The zero-order valence-corrected chi connectivity index (χ0v) is 11.9. The van der Waals surface area contributed by atoms with Gasteiger partial charge in [0.1, 0.15) is 19.3 Å². The van der Waals surface area contributed by atoms with Crippen molar-refractivity contribution in [3.63, 3.8) is 0 Å². The van der Waals surface area contributed by atoms with Crippen LogP contribution >= 0.6 is 0 Å². The summed E-state index contributed by atoms with van der Waals surface area (Å²) in [6.45, 7) is 3.30. The number of ether oxygens (including phenoxy) is 2. The lowest BCUT2D eigenvalue weighted by atomic mass is 10.2. The number of nitrogens with one attached hydrogen (secondary N) is 1. The minimum Gasteiger partial charge on any atom is -0.481 e. The number of benzene rings is 1. The molecule has 0 spiro atoms. The highest BCUT2D eigenvalue weighted by molar-refractivity contribution is 5.85. The van der Waals surface area contributed by atoms with Crippen LogP contribution in [-0.2, 0) is 25.7 Å². The first-order chi connectivity index (χ1) is 10.5. The summed E-state index contributed by atoms with van der Waals surface area (Å²) >= 11 is 0. The molecule has 0 saturated carbocycles. The predicted octanol–water partition coefficient (Wildman–Crippen LogP) is 1.49. The lowest BCUT2D eigenvalue weighted by Crippen LogP contribution is -2.43. The van der Waals surface area contributed by atoms with Crippen LogP contribution in [0.3, 0.4) is 0 Å². The zero-order valence-electron chi connectivity index (χ0n) is 11.9. The molecular formula is C15H17NO6. The summed E-state index contributed by atoms with van der Waals surface area (Å²) in [6.07, 6.45) is -0.168. The SMILES string of the molecule is C=CCOC(=O)N[C@@H](CC(=O)O)C(=O)OCc1ccccc1. The van der Waals surface area contributed by atoms with E-state index in [9.17, 15) is 14.4 Å². The third-order valence-corrected chi connectivity index (χ3v) is 2.51. The predicted molar refractivity (Wildman–Crippen MR) is 77.0 cm³/mol. The second kappa shape index (κ2) is 9.17. The van der Waals surface area contributed by atoms with Gasteiger partial charge in [-0.25, -0.2) is 9.59 Å². The van der Waals surface area contributed by atoms with Crippen LogP contribution in [0, 0.1) is 0 Å². The van der Waals surface area contributed by atoms with E-state index in [1.54, 1.807) is 24.3 Å². The van der Waals surface area contributed by atoms with Crippen LogP contribution in [0.2, 0.25) is 0 Å². The van der Waals surface area contributed by atoms with E-state index in [0.29, 0.717) is 0 Å². The van der Waals surface area contributed by atoms with Crippen molar-refractivity contribution in [2.75, 3.05) is 6.61 Å². The number of rotatable bonds is 8. The van der Waals surface area contributed by atoms with Gasteiger partial charge >= 0.3 is 18.0 Å². The van der Waals surface area contributed by atoms with Gasteiger partial charge in [0.15, 0.2) is 0 Å². The summed E-state index contributed by atoms with van der Waals surface area (Å²) in [5, 5.41) is 10.9. The van der Waals surface area contributed by atoms with E-state index < -0.39 is 30.5 Å². The first-order valence-corrected chi connectivity index (χ1v) is 6.49. The standard InChI is InChI=1S/C15H17NO6/c1-2-8-21-15(20)16-12(9-13(17)18)14(19)22-10-11-6-4-3-5-7-11/h2-7,12H,1,8-10H2,(H,16,20)(H,17,18)/t12-/m0/s1. The van der Waals surface area contributed by atoms with Crippen molar-refractivity contribution in [3.8, 4) is 0 Å². The topological polar surface area (TPSA) is 102 Å². The van der Waals surface area contributed by atoms with Crippen LogP contribution < -0.4 is 5.32 Å². The first kappa shape index (κ1) is 17.2. The molecule has 0 bridgehead atoms. The molecule has 22 heavy (non-hydrogen) atoms. The molecule has 0 saturated heterocycles. The van der Waals surface area contributed by atoms with Gasteiger partial charge in [0.05, 0.1) is 6.42 Å². The van der Waals surface area contributed by atoms with Crippen LogP contribution in [0.4, 0.5) is 4.79 Å². The second-order valence-corrected chi connectivity index (χ2v) is 4.28. The fourth-order valence-corrected chi connectivity index (χ4v) is 1.52. The van der Waals surface area contributed by atoms with E-state index >= 15 is 0 Å². The number of carboxylic acid groups (broad SMARTS) is 1. The normalized spacial score (nSPS) is 11.1. The average molecular weight is 307 g/mol. The summed E-state index contributed by atoms with van der Waals surface area (Å²) in [5.41, 5.74) is 0.749. The largest absolute Gasteiger partial charge is 0.481 e. The van der Waals surface area contributed by atoms with E-state index in [1.165, 1.54) is 6.08 Å².